The lowest BCUT2D eigenvalue weighted by Crippen LogP contribution is -2.49. The van der Waals surface area contributed by atoms with E-state index in [0.29, 0.717) is 5.92 Å². The second-order valence-electron chi connectivity index (χ2n) is 5.63. The zero-order valence-corrected chi connectivity index (χ0v) is 11.3. The van der Waals surface area contributed by atoms with Gasteiger partial charge in [0.2, 0.25) is 0 Å². The lowest BCUT2D eigenvalue weighted by Gasteiger charge is -2.32. The minimum absolute atomic E-state index is 0.0170. The van der Waals surface area contributed by atoms with E-state index in [1.165, 1.54) is 0 Å². The monoisotopic (exact) mass is 242 g/mol. The smallest absolute Gasteiger partial charge is 0.317 e. The summed E-state index contributed by atoms with van der Waals surface area (Å²) in [5.41, 5.74) is 0. The average Bonchev–Trinajstić information content (AvgIpc) is 2.28. The van der Waals surface area contributed by atoms with Gasteiger partial charge in [0, 0.05) is 13.1 Å². The van der Waals surface area contributed by atoms with Gasteiger partial charge in [0.1, 0.15) is 0 Å². The summed E-state index contributed by atoms with van der Waals surface area (Å²) in [5, 5.41) is 12.2. The summed E-state index contributed by atoms with van der Waals surface area (Å²) in [4.78, 5) is 13.8. The van der Waals surface area contributed by atoms with Crippen molar-refractivity contribution in [2.24, 2.45) is 11.8 Å². The first-order valence-electron chi connectivity index (χ1n) is 6.69. The molecule has 0 aromatic rings. The Kier molecular flexibility index (Phi) is 5.75. The van der Waals surface area contributed by atoms with Gasteiger partial charge in [-0.3, -0.25) is 0 Å². The van der Waals surface area contributed by atoms with Gasteiger partial charge in [0.05, 0.1) is 12.6 Å². The van der Waals surface area contributed by atoms with Crippen LogP contribution in [0, 0.1) is 11.8 Å². The highest BCUT2D eigenvalue weighted by molar-refractivity contribution is 5.74. The van der Waals surface area contributed by atoms with Gasteiger partial charge in [-0.1, -0.05) is 20.8 Å². The van der Waals surface area contributed by atoms with Gasteiger partial charge in [-0.05, 0) is 31.1 Å². The Morgan fingerprint density at radius 2 is 2.00 bits per heavy atom. The number of carbonyl (C=O) groups excluding carboxylic acids is 1. The number of piperidine rings is 1. The number of nitrogens with one attached hydrogen (secondary N) is 1. The molecule has 1 aliphatic rings. The number of aliphatic hydroxyl groups is 1. The molecule has 100 valence electrons. The first-order chi connectivity index (χ1) is 8.02. The second kappa shape index (κ2) is 6.84. The molecule has 0 aromatic carbocycles. The fourth-order valence-electron chi connectivity index (χ4n) is 2.23. The molecule has 1 heterocycles. The molecule has 1 aliphatic heterocycles. The van der Waals surface area contributed by atoms with Gasteiger partial charge in [0.25, 0.3) is 0 Å². The Labute approximate surface area is 104 Å². The Morgan fingerprint density at radius 1 is 1.41 bits per heavy atom. The Morgan fingerprint density at radius 3 is 2.47 bits per heavy atom. The molecule has 2 amide bonds. The molecule has 1 saturated heterocycles. The molecule has 4 nitrogen and oxygen atoms in total. The number of aliphatic hydroxyl groups excluding tert-OH is 1. The predicted molar refractivity (Wildman–Crippen MR) is 68.8 cm³/mol. The van der Waals surface area contributed by atoms with Crippen LogP contribution in [0.5, 0.6) is 0 Å². The number of carbonyl (C=O) groups is 1. The minimum Gasteiger partial charge on any atom is -0.394 e. The van der Waals surface area contributed by atoms with Crippen molar-refractivity contribution in [3.8, 4) is 0 Å². The van der Waals surface area contributed by atoms with Gasteiger partial charge in [0.15, 0.2) is 0 Å². The molecule has 2 N–H and O–H groups in total. The van der Waals surface area contributed by atoms with Crippen LogP contribution in [0.1, 0.15) is 40.0 Å². The van der Waals surface area contributed by atoms with Crippen molar-refractivity contribution in [1.82, 2.24) is 10.2 Å². The van der Waals surface area contributed by atoms with E-state index < -0.39 is 0 Å². The van der Waals surface area contributed by atoms with Crippen molar-refractivity contribution in [2.75, 3.05) is 19.7 Å². The van der Waals surface area contributed by atoms with Crippen molar-refractivity contribution in [2.45, 2.75) is 46.1 Å². The SMILES string of the molecule is CC(C)CC(CO)NC(=O)N1CCC(C)CC1. The number of likely N-dealkylation sites (tertiary alicyclic amines) is 1. The van der Waals surface area contributed by atoms with Gasteiger partial charge in [-0.2, -0.15) is 0 Å². The molecule has 0 aliphatic carbocycles. The summed E-state index contributed by atoms with van der Waals surface area (Å²) in [6.45, 7) is 8.12. The molecule has 0 radical (unpaired) electrons. The van der Waals surface area contributed by atoms with Crippen LogP contribution in [0.2, 0.25) is 0 Å². The summed E-state index contributed by atoms with van der Waals surface area (Å²) in [6, 6.07) is -0.126. The number of urea groups is 1. The normalized spacial score (nSPS) is 19.5. The molecular formula is C13H26N2O2. The first-order valence-corrected chi connectivity index (χ1v) is 6.69. The first kappa shape index (κ1) is 14.3. The summed E-state index contributed by atoms with van der Waals surface area (Å²) < 4.78 is 0. The highest BCUT2D eigenvalue weighted by Crippen LogP contribution is 2.16. The maximum atomic E-state index is 12.0. The van der Waals surface area contributed by atoms with Crippen molar-refractivity contribution < 1.29 is 9.90 Å². The predicted octanol–water partition coefficient (Wildman–Crippen LogP) is 1.83. The second-order valence-corrected chi connectivity index (χ2v) is 5.63. The highest BCUT2D eigenvalue weighted by atomic mass is 16.3. The van der Waals surface area contributed by atoms with E-state index in [9.17, 15) is 9.90 Å². The highest BCUT2D eigenvalue weighted by Gasteiger charge is 2.22. The van der Waals surface area contributed by atoms with Crippen LogP contribution < -0.4 is 5.32 Å². The topological polar surface area (TPSA) is 52.6 Å². The maximum absolute atomic E-state index is 12.0. The molecule has 1 unspecified atom stereocenters. The molecule has 0 saturated carbocycles. The van der Waals surface area contributed by atoms with Crippen molar-refractivity contribution in [3.05, 3.63) is 0 Å². The third kappa shape index (κ3) is 4.94. The standard InChI is InChI=1S/C13H26N2O2/c1-10(2)8-12(9-16)14-13(17)15-6-4-11(3)5-7-15/h10-12,16H,4-9H2,1-3H3,(H,14,17). The number of rotatable bonds is 4. The van der Waals surface area contributed by atoms with E-state index in [2.05, 4.69) is 26.1 Å². The Bertz CT molecular complexity index is 236. The van der Waals surface area contributed by atoms with Crippen molar-refractivity contribution in [3.63, 3.8) is 0 Å². The van der Waals surface area contributed by atoms with Crippen molar-refractivity contribution in [1.29, 1.82) is 0 Å². The fraction of sp³-hybridized carbons (Fsp3) is 0.923. The third-order valence-corrected chi connectivity index (χ3v) is 3.37. The largest absolute Gasteiger partial charge is 0.394 e. The maximum Gasteiger partial charge on any atom is 0.317 e. The van der Waals surface area contributed by atoms with Crippen molar-refractivity contribution >= 4 is 6.03 Å². The number of amides is 2. The fourth-order valence-corrected chi connectivity index (χ4v) is 2.23. The lowest BCUT2D eigenvalue weighted by atomic mass is 9.99. The van der Waals surface area contributed by atoms with Gasteiger partial charge in [-0.25, -0.2) is 4.79 Å². The average molecular weight is 242 g/mol. The van der Waals surface area contributed by atoms with E-state index >= 15 is 0 Å². The van der Waals surface area contributed by atoms with Crippen LogP contribution >= 0.6 is 0 Å². The number of nitrogens with zero attached hydrogens (tertiary/aromatic N) is 1. The molecule has 1 rings (SSSR count). The molecular weight excluding hydrogens is 216 g/mol. The van der Waals surface area contributed by atoms with Gasteiger partial charge < -0.3 is 15.3 Å². The third-order valence-electron chi connectivity index (χ3n) is 3.37. The van der Waals surface area contributed by atoms with Crippen LogP contribution in [0.15, 0.2) is 0 Å². The van der Waals surface area contributed by atoms with E-state index in [1.807, 2.05) is 4.90 Å². The van der Waals surface area contributed by atoms with E-state index in [-0.39, 0.29) is 18.7 Å². The van der Waals surface area contributed by atoms with Crippen LogP contribution in [-0.4, -0.2) is 41.8 Å². The molecule has 0 spiro atoms. The molecule has 4 heteroatoms. The summed E-state index contributed by atoms with van der Waals surface area (Å²) in [7, 11) is 0. The zero-order valence-electron chi connectivity index (χ0n) is 11.3. The van der Waals surface area contributed by atoms with E-state index in [0.717, 1.165) is 38.3 Å². The van der Waals surface area contributed by atoms with E-state index in [1.54, 1.807) is 0 Å². The summed E-state index contributed by atoms with van der Waals surface area (Å²) >= 11 is 0. The zero-order chi connectivity index (χ0) is 12.8. The van der Waals surface area contributed by atoms with Crippen LogP contribution in [0.4, 0.5) is 4.79 Å². The van der Waals surface area contributed by atoms with Gasteiger partial charge >= 0.3 is 6.03 Å². The van der Waals surface area contributed by atoms with E-state index in [4.69, 9.17) is 0 Å². The molecule has 1 atom stereocenters. The lowest BCUT2D eigenvalue weighted by molar-refractivity contribution is 0.159. The number of hydrogen-bond acceptors (Lipinski definition) is 2. The molecule has 1 fully saturated rings. The molecule has 0 bridgehead atoms. The molecule has 17 heavy (non-hydrogen) atoms. The Balaban J connectivity index is 2.36. The van der Waals surface area contributed by atoms with Crippen LogP contribution in [-0.2, 0) is 0 Å². The Hall–Kier alpha value is -0.770. The van der Waals surface area contributed by atoms with Crippen LogP contribution in [0.25, 0.3) is 0 Å². The summed E-state index contributed by atoms with van der Waals surface area (Å²) in [5.74, 6) is 1.21. The quantitative estimate of drug-likeness (QED) is 0.790. The van der Waals surface area contributed by atoms with Crippen LogP contribution in [0.3, 0.4) is 0 Å². The molecule has 0 aromatic heterocycles. The van der Waals surface area contributed by atoms with Gasteiger partial charge in [-0.15, -0.1) is 0 Å². The minimum atomic E-state index is -0.109. The summed E-state index contributed by atoms with van der Waals surface area (Å²) in [6.07, 6.45) is 3.00. The number of hydrogen-bond donors (Lipinski definition) is 2.